The second-order valence-electron chi connectivity index (χ2n) is 6.35. The highest BCUT2D eigenvalue weighted by molar-refractivity contribution is 5.94. The maximum absolute atomic E-state index is 12.4. The van der Waals surface area contributed by atoms with Gasteiger partial charge in [0.15, 0.2) is 0 Å². The Morgan fingerprint density at radius 1 is 1.21 bits per heavy atom. The van der Waals surface area contributed by atoms with Gasteiger partial charge in [0.1, 0.15) is 5.60 Å². The minimum absolute atomic E-state index is 0.171. The maximum Gasteiger partial charge on any atom is 0.251 e. The number of amides is 1. The zero-order valence-electron chi connectivity index (χ0n) is 13.9. The fraction of sp³-hybridized carbons (Fsp3) is 0.350. The van der Waals surface area contributed by atoms with Gasteiger partial charge in [0.05, 0.1) is 13.2 Å². The van der Waals surface area contributed by atoms with E-state index >= 15 is 0 Å². The van der Waals surface area contributed by atoms with E-state index < -0.39 is 5.60 Å². The number of aryl methyl sites for hydroxylation is 1. The van der Waals surface area contributed by atoms with Crippen LogP contribution >= 0.6 is 0 Å². The number of carbonyl (C=O) groups excluding carboxylic acids is 1. The van der Waals surface area contributed by atoms with Gasteiger partial charge in [-0.05, 0) is 48.1 Å². The number of carbonyl (C=O) groups is 1. The standard InChI is InChI=1S/C20H23NO3/c1-24-13-15-8-10-17(11-9-15)19(22)21-14-20(23)12-4-6-16-5-2-3-7-18(16)20/h2-3,5,7-11,23H,4,6,12-14H2,1H3,(H,21,22). The van der Waals surface area contributed by atoms with Gasteiger partial charge in [0.25, 0.3) is 5.91 Å². The normalized spacial score (nSPS) is 19.6. The third-order valence-electron chi connectivity index (χ3n) is 4.62. The van der Waals surface area contributed by atoms with Gasteiger partial charge in [0, 0.05) is 12.7 Å². The van der Waals surface area contributed by atoms with Crippen LogP contribution in [0.4, 0.5) is 0 Å². The second-order valence-corrected chi connectivity index (χ2v) is 6.35. The van der Waals surface area contributed by atoms with Crippen LogP contribution < -0.4 is 5.32 Å². The molecule has 2 aromatic carbocycles. The van der Waals surface area contributed by atoms with Gasteiger partial charge in [-0.25, -0.2) is 0 Å². The van der Waals surface area contributed by atoms with Crippen LogP contribution in [0.1, 0.15) is 39.9 Å². The summed E-state index contributed by atoms with van der Waals surface area (Å²) in [5.74, 6) is -0.171. The van der Waals surface area contributed by atoms with Crippen molar-refractivity contribution < 1.29 is 14.6 Å². The van der Waals surface area contributed by atoms with Gasteiger partial charge in [-0.3, -0.25) is 4.79 Å². The molecule has 24 heavy (non-hydrogen) atoms. The molecule has 0 saturated heterocycles. The number of fused-ring (bicyclic) bond motifs is 1. The lowest BCUT2D eigenvalue weighted by atomic mass is 9.79. The highest BCUT2D eigenvalue weighted by Gasteiger charge is 2.34. The van der Waals surface area contributed by atoms with E-state index in [1.165, 1.54) is 5.56 Å². The predicted octanol–water partition coefficient (Wildman–Crippen LogP) is 2.79. The van der Waals surface area contributed by atoms with Crippen molar-refractivity contribution in [2.45, 2.75) is 31.5 Å². The lowest BCUT2D eigenvalue weighted by molar-refractivity contribution is 0.0189. The first-order valence-corrected chi connectivity index (χ1v) is 8.29. The number of aliphatic hydroxyl groups is 1. The van der Waals surface area contributed by atoms with Crippen LogP contribution in [0.25, 0.3) is 0 Å². The van der Waals surface area contributed by atoms with Crippen LogP contribution in [-0.4, -0.2) is 24.7 Å². The van der Waals surface area contributed by atoms with Crippen molar-refractivity contribution in [3.63, 3.8) is 0 Å². The van der Waals surface area contributed by atoms with Crippen LogP contribution in [0.3, 0.4) is 0 Å². The SMILES string of the molecule is COCc1ccc(C(=O)NCC2(O)CCCc3ccccc32)cc1. The van der Waals surface area contributed by atoms with Crippen LogP contribution in [0, 0.1) is 0 Å². The summed E-state index contributed by atoms with van der Waals surface area (Å²) in [6.07, 6.45) is 2.57. The molecule has 0 spiro atoms. The first-order chi connectivity index (χ1) is 11.6. The van der Waals surface area contributed by atoms with Crippen molar-refractivity contribution >= 4 is 5.91 Å². The first kappa shape index (κ1) is 16.7. The van der Waals surface area contributed by atoms with E-state index in [0.29, 0.717) is 18.6 Å². The summed E-state index contributed by atoms with van der Waals surface area (Å²) >= 11 is 0. The van der Waals surface area contributed by atoms with Crippen molar-refractivity contribution in [1.29, 1.82) is 0 Å². The Labute approximate surface area is 142 Å². The van der Waals surface area contributed by atoms with Gasteiger partial charge in [-0.2, -0.15) is 0 Å². The largest absolute Gasteiger partial charge is 0.383 e. The Bertz CT molecular complexity index is 711. The zero-order valence-corrected chi connectivity index (χ0v) is 13.9. The summed E-state index contributed by atoms with van der Waals surface area (Å²) in [5.41, 5.74) is 2.73. The highest BCUT2D eigenvalue weighted by atomic mass is 16.5. The molecule has 1 aliphatic carbocycles. The minimum Gasteiger partial charge on any atom is -0.383 e. The lowest BCUT2D eigenvalue weighted by Gasteiger charge is -2.34. The third kappa shape index (κ3) is 3.50. The highest BCUT2D eigenvalue weighted by Crippen LogP contribution is 2.34. The Kier molecular flexibility index (Phi) is 4.97. The molecule has 1 atom stereocenters. The van der Waals surface area contributed by atoms with E-state index in [9.17, 15) is 9.90 Å². The molecule has 0 saturated carbocycles. The summed E-state index contributed by atoms with van der Waals surface area (Å²) < 4.78 is 5.07. The smallest absolute Gasteiger partial charge is 0.251 e. The first-order valence-electron chi connectivity index (χ1n) is 8.29. The van der Waals surface area contributed by atoms with Crippen molar-refractivity contribution in [1.82, 2.24) is 5.32 Å². The Morgan fingerprint density at radius 3 is 2.71 bits per heavy atom. The molecule has 0 aliphatic heterocycles. The number of rotatable bonds is 5. The van der Waals surface area contributed by atoms with E-state index in [2.05, 4.69) is 11.4 Å². The summed E-state index contributed by atoms with van der Waals surface area (Å²) in [4.78, 5) is 12.4. The van der Waals surface area contributed by atoms with Crippen LogP contribution in [0.5, 0.6) is 0 Å². The van der Waals surface area contributed by atoms with Gasteiger partial charge < -0.3 is 15.2 Å². The number of methoxy groups -OCH3 is 1. The van der Waals surface area contributed by atoms with Crippen LogP contribution in [-0.2, 0) is 23.4 Å². The number of hydrogen-bond donors (Lipinski definition) is 2. The number of benzene rings is 2. The van der Waals surface area contributed by atoms with Crippen molar-refractivity contribution in [3.05, 3.63) is 70.8 Å². The average molecular weight is 325 g/mol. The summed E-state index contributed by atoms with van der Waals surface area (Å²) in [5, 5.41) is 13.9. The van der Waals surface area contributed by atoms with E-state index in [-0.39, 0.29) is 12.5 Å². The third-order valence-corrected chi connectivity index (χ3v) is 4.62. The Morgan fingerprint density at radius 2 is 1.96 bits per heavy atom. The molecule has 2 N–H and O–H groups in total. The lowest BCUT2D eigenvalue weighted by Crippen LogP contribution is -2.43. The molecule has 126 valence electrons. The number of ether oxygens (including phenoxy) is 1. The summed E-state index contributed by atoms with van der Waals surface area (Å²) in [6.45, 7) is 0.751. The molecule has 0 bridgehead atoms. The van der Waals surface area contributed by atoms with E-state index in [0.717, 1.165) is 24.0 Å². The molecule has 0 radical (unpaired) electrons. The zero-order chi connectivity index (χ0) is 17.0. The molecule has 3 rings (SSSR count). The van der Waals surface area contributed by atoms with Gasteiger partial charge >= 0.3 is 0 Å². The molecule has 0 aromatic heterocycles. The molecular formula is C20H23NO3. The van der Waals surface area contributed by atoms with Crippen molar-refractivity contribution in [2.75, 3.05) is 13.7 Å². The number of hydrogen-bond acceptors (Lipinski definition) is 3. The summed E-state index contributed by atoms with van der Waals surface area (Å²) in [6, 6.07) is 15.3. The Hall–Kier alpha value is -2.17. The molecular weight excluding hydrogens is 302 g/mol. The quantitative estimate of drug-likeness (QED) is 0.889. The van der Waals surface area contributed by atoms with Gasteiger partial charge in [-0.15, -0.1) is 0 Å². The molecule has 4 nitrogen and oxygen atoms in total. The number of nitrogens with one attached hydrogen (secondary N) is 1. The fourth-order valence-electron chi connectivity index (χ4n) is 3.33. The van der Waals surface area contributed by atoms with E-state index in [1.54, 1.807) is 19.2 Å². The van der Waals surface area contributed by atoms with Gasteiger partial charge in [0.2, 0.25) is 0 Å². The van der Waals surface area contributed by atoms with Crippen LogP contribution in [0.15, 0.2) is 48.5 Å². The van der Waals surface area contributed by atoms with Gasteiger partial charge in [-0.1, -0.05) is 36.4 Å². The van der Waals surface area contributed by atoms with Crippen LogP contribution in [0.2, 0.25) is 0 Å². The average Bonchev–Trinajstić information content (AvgIpc) is 2.61. The molecule has 2 aromatic rings. The van der Waals surface area contributed by atoms with E-state index in [4.69, 9.17) is 4.74 Å². The monoisotopic (exact) mass is 325 g/mol. The molecule has 4 heteroatoms. The topological polar surface area (TPSA) is 58.6 Å². The van der Waals surface area contributed by atoms with Crippen molar-refractivity contribution in [2.24, 2.45) is 0 Å². The molecule has 0 fully saturated rings. The van der Waals surface area contributed by atoms with E-state index in [1.807, 2.05) is 30.3 Å². The Balaban J connectivity index is 1.68. The molecule has 1 unspecified atom stereocenters. The predicted molar refractivity (Wildman–Crippen MR) is 92.8 cm³/mol. The maximum atomic E-state index is 12.4. The second kappa shape index (κ2) is 7.16. The minimum atomic E-state index is -0.986. The molecule has 1 aliphatic rings. The summed E-state index contributed by atoms with van der Waals surface area (Å²) in [7, 11) is 1.64. The fourth-order valence-corrected chi connectivity index (χ4v) is 3.33. The van der Waals surface area contributed by atoms with Crippen molar-refractivity contribution in [3.8, 4) is 0 Å². The molecule has 1 amide bonds. The molecule has 0 heterocycles.